The third kappa shape index (κ3) is 3.87. The van der Waals surface area contributed by atoms with Crippen molar-refractivity contribution in [2.75, 3.05) is 36.0 Å². The van der Waals surface area contributed by atoms with Gasteiger partial charge < -0.3 is 20.2 Å². The summed E-state index contributed by atoms with van der Waals surface area (Å²) in [4.78, 5) is 26.2. The molecule has 140 valence electrons. The van der Waals surface area contributed by atoms with E-state index in [9.17, 15) is 14.0 Å². The second-order valence-corrected chi connectivity index (χ2v) is 6.34. The van der Waals surface area contributed by atoms with Gasteiger partial charge in [0.1, 0.15) is 11.9 Å². The Morgan fingerprint density at radius 3 is 2.77 bits per heavy atom. The van der Waals surface area contributed by atoms with Crippen LogP contribution in [0.3, 0.4) is 0 Å². The van der Waals surface area contributed by atoms with Gasteiger partial charge in [-0.3, -0.25) is 9.69 Å². The van der Waals surface area contributed by atoms with Crippen molar-refractivity contribution in [3.05, 3.63) is 24.0 Å². The number of hydrogen-bond donors (Lipinski definition) is 2. The molecule has 1 aromatic rings. The second kappa shape index (κ2) is 7.59. The van der Waals surface area contributed by atoms with Crippen molar-refractivity contribution in [3.63, 3.8) is 0 Å². The maximum absolute atomic E-state index is 14.6. The summed E-state index contributed by atoms with van der Waals surface area (Å²) in [5.74, 6) is -0.629. The number of nitrogens with one attached hydrogen (secondary N) is 1. The second-order valence-electron chi connectivity index (χ2n) is 6.34. The molecule has 2 saturated heterocycles. The molecule has 2 N–H and O–H groups in total. The van der Waals surface area contributed by atoms with E-state index in [1.54, 1.807) is 12.1 Å². The summed E-state index contributed by atoms with van der Waals surface area (Å²) >= 11 is 0. The smallest absolute Gasteiger partial charge is 0.414 e. The van der Waals surface area contributed by atoms with Gasteiger partial charge >= 0.3 is 6.09 Å². The van der Waals surface area contributed by atoms with Gasteiger partial charge in [-0.2, -0.15) is 0 Å². The van der Waals surface area contributed by atoms with Crippen LogP contribution in [0.4, 0.5) is 20.6 Å². The maximum Gasteiger partial charge on any atom is 0.414 e. The van der Waals surface area contributed by atoms with Crippen LogP contribution >= 0.6 is 0 Å². The van der Waals surface area contributed by atoms with Crippen LogP contribution in [0, 0.1) is 5.82 Å². The number of oxime groups is 1. The van der Waals surface area contributed by atoms with Crippen LogP contribution in [-0.2, 0) is 9.53 Å². The van der Waals surface area contributed by atoms with Crippen LogP contribution in [0.25, 0.3) is 0 Å². The SMILES string of the molecule is CC(=O)NC[C@H]1CN(c2ccc(N3CCC(=NO)CC3)c(F)c2)C(=O)O1. The zero-order valence-corrected chi connectivity index (χ0v) is 14.4. The molecule has 0 unspecified atom stereocenters. The lowest BCUT2D eigenvalue weighted by molar-refractivity contribution is -0.119. The third-order valence-corrected chi connectivity index (χ3v) is 4.52. The number of rotatable bonds is 4. The highest BCUT2D eigenvalue weighted by molar-refractivity contribution is 5.90. The van der Waals surface area contributed by atoms with Gasteiger partial charge in [0, 0.05) is 32.9 Å². The maximum atomic E-state index is 14.6. The predicted molar refractivity (Wildman–Crippen MR) is 93.4 cm³/mol. The summed E-state index contributed by atoms with van der Waals surface area (Å²) in [5.41, 5.74) is 1.58. The molecule has 0 saturated carbocycles. The summed E-state index contributed by atoms with van der Waals surface area (Å²) < 4.78 is 19.8. The molecule has 1 atom stereocenters. The number of piperidine rings is 1. The van der Waals surface area contributed by atoms with E-state index in [0.29, 0.717) is 43.0 Å². The highest BCUT2D eigenvalue weighted by Gasteiger charge is 2.33. The molecule has 9 heteroatoms. The number of nitrogens with zero attached hydrogens (tertiary/aromatic N) is 3. The van der Waals surface area contributed by atoms with Crippen molar-refractivity contribution in [2.45, 2.75) is 25.9 Å². The van der Waals surface area contributed by atoms with Gasteiger partial charge in [-0.05, 0) is 18.2 Å². The number of amides is 2. The topological polar surface area (TPSA) is 94.5 Å². The molecule has 0 aromatic heterocycles. The first-order chi connectivity index (χ1) is 12.5. The number of benzene rings is 1. The van der Waals surface area contributed by atoms with Crippen LogP contribution in [0.15, 0.2) is 23.4 Å². The Hall–Kier alpha value is -2.84. The Morgan fingerprint density at radius 2 is 2.15 bits per heavy atom. The van der Waals surface area contributed by atoms with E-state index in [2.05, 4.69) is 10.5 Å². The van der Waals surface area contributed by atoms with Crippen LogP contribution in [0.5, 0.6) is 0 Å². The fraction of sp³-hybridized carbons (Fsp3) is 0.471. The Labute approximate surface area is 150 Å². The van der Waals surface area contributed by atoms with Crippen molar-refractivity contribution in [2.24, 2.45) is 5.16 Å². The molecule has 8 nitrogen and oxygen atoms in total. The minimum absolute atomic E-state index is 0.203. The number of carbonyl (C=O) groups excluding carboxylic acids is 2. The minimum Gasteiger partial charge on any atom is -0.442 e. The fourth-order valence-corrected chi connectivity index (χ4v) is 3.12. The van der Waals surface area contributed by atoms with Gasteiger partial charge in [-0.1, -0.05) is 5.16 Å². The number of cyclic esters (lactones) is 1. The molecule has 0 radical (unpaired) electrons. The minimum atomic E-state index is -0.561. The average molecular weight is 364 g/mol. The summed E-state index contributed by atoms with van der Waals surface area (Å²) in [5, 5.41) is 14.6. The number of anilines is 2. The summed E-state index contributed by atoms with van der Waals surface area (Å²) in [6.07, 6.45) is 0.142. The van der Waals surface area contributed by atoms with Crippen molar-refractivity contribution in [1.82, 2.24) is 5.32 Å². The highest BCUT2D eigenvalue weighted by atomic mass is 19.1. The monoisotopic (exact) mass is 364 g/mol. The molecular weight excluding hydrogens is 343 g/mol. The molecule has 0 spiro atoms. The molecule has 26 heavy (non-hydrogen) atoms. The van der Waals surface area contributed by atoms with Crippen molar-refractivity contribution in [3.8, 4) is 0 Å². The number of halogens is 1. The van der Waals surface area contributed by atoms with Gasteiger partial charge in [0.2, 0.25) is 5.91 Å². The Balaban J connectivity index is 1.68. The molecule has 1 aromatic carbocycles. The van der Waals surface area contributed by atoms with Crippen molar-refractivity contribution < 1.29 is 23.9 Å². The summed E-state index contributed by atoms with van der Waals surface area (Å²) in [7, 11) is 0. The quantitative estimate of drug-likeness (QED) is 0.627. The Morgan fingerprint density at radius 1 is 1.42 bits per heavy atom. The lowest BCUT2D eigenvalue weighted by Crippen LogP contribution is -2.34. The van der Waals surface area contributed by atoms with E-state index in [-0.39, 0.29) is 19.0 Å². The third-order valence-electron chi connectivity index (χ3n) is 4.52. The Kier molecular flexibility index (Phi) is 5.24. The first-order valence-electron chi connectivity index (χ1n) is 8.45. The number of carbonyl (C=O) groups is 2. The lowest BCUT2D eigenvalue weighted by Gasteiger charge is -2.29. The summed E-state index contributed by atoms with van der Waals surface area (Å²) in [6.45, 7) is 3.00. The van der Waals surface area contributed by atoms with E-state index < -0.39 is 18.0 Å². The van der Waals surface area contributed by atoms with Crippen LogP contribution in [0.1, 0.15) is 19.8 Å². The van der Waals surface area contributed by atoms with E-state index in [1.807, 2.05) is 4.90 Å². The summed E-state index contributed by atoms with van der Waals surface area (Å²) in [6, 6.07) is 4.63. The molecular formula is C17H21FN4O4. The first kappa shape index (κ1) is 18.0. The molecule has 0 bridgehead atoms. The standard InChI is InChI=1S/C17H21FN4O4/c1-11(23)19-9-14-10-22(17(24)26-14)13-2-3-16(15(18)8-13)21-6-4-12(20-25)5-7-21/h2-3,8,14,25H,4-7,9-10H2,1H3,(H,19,23)/t14-/m0/s1. The zero-order valence-electron chi connectivity index (χ0n) is 14.4. The largest absolute Gasteiger partial charge is 0.442 e. The van der Waals surface area contributed by atoms with Crippen molar-refractivity contribution >= 4 is 29.1 Å². The zero-order chi connectivity index (χ0) is 18.7. The Bertz CT molecular complexity index is 729. The average Bonchev–Trinajstić information content (AvgIpc) is 3.01. The van der Waals surface area contributed by atoms with Gasteiger partial charge in [-0.25, -0.2) is 9.18 Å². The lowest BCUT2D eigenvalue weighted by atomic mass is 10.1. The first-order valence-corrected chi connectivity index (χ1v) is 8.45. The number of hydrogen-bond acceptors (Lipinski definition) is 6. The van der Waals surface area contributed by atoms with E-state index in [4.69, 9.17) is 9.94 Å². The molecule has 0 aliphatic carbocycles. The fourth-order valence-electron chi connectivity index (χ4n) is 3.12. The van der Waals surface area contributed by atoms with Gasteiger partial charge in [0.15, 0.2) is 0 Å². The van der Waals surface area contributed by atoms with E-state index in [0.717, 1.165) is 0 Å². The molecule has 2 aliphatic rings. The van der Waals surface area contributed by atoms with Crippen LogP contribution < -0.4 is 15.1 Å². The molecule has 3 rings (SSSR count). The normalized spacial score (nSPS) is 20.2. The highest BCUT2D eigenvalue weighted by Crippen LogP contribution is 2.29. The van der Waals surface area contributed by atoms with Gasteiger partial charge in [-0.15, -0.1) is 0 Å². The number of ether oxygens (including phenoxy) is 1. The molecule has 2 fully saturated rings. The van der Waals surface area contributed by atoms with Gasteiger partial charge in [0.05, 0.1) is 30.2 Å². The van der Waals surface area contributed by atoms with E-state index in [1.165, 1.54) is 17.9 Å². The predicted octanol–water partition coefficient (Wildman–Crippen LogP) is 1.72. The van der Waals surface area contributed by atoms with Gasteiger partial charge in [0.25, 0.3) is 0 Å². The van der Waals surface area contributed by atoms with Crippen LogP contribution in [-0.4, -0.2) is 55.2 Å². The molecule has 2 aliphatic heterocycles. The van der Waals surface area contributed by atoms with Crippen molar-refractivity contribution in [1.29, 1.82) is 0 Å². The van der Waals surface area contributed by atoms with Crippen LogP contribution in [0.2, 0.25) is 0 Å². The van der Waals surface area contributed by atoms with E-state index >= 15 is 0 Å². The molecule has 2 heterocycles. The molecule has 2 amide bonds.